The van der Waals surface area contributed by atoms with Gasteiger partial charge in [0.25, 0.3) is 0 Å². The van der Waals surface area contributed by atoms with Gasteiger partial charge in [-0.05, 0) is 31.9 Å². The molecule has 112 valence electrons. The van der Waals surface area contributed by atoms with E-state index in [1.807, 2.05) is 18.2 Å². The van der Waals surface area contributed by atoms with Crippen molar-refractivity contribution in [1.29, 1.82) is 0 Å². The molecule has 1 aliphatic rings. The molecule has 0 aliphatic carbocycles. The standard InChI is InChI=1S/C16H25ClN2O/c1-5-12-10-18-16(3,6-2)11-19(12)15-9-13(20-4)7-8-14(15)17/h7-9,12,18H,5-6,10-11H2,1-4H3. The van der Waals surface area contributed by atoms with Crippen molar-refractivity contribution in [3.8, 4) is 5.75 Å². The van der Waals surface area contributed by atoms with Crippen molar-refractivity contribution < 1.29 is 4.74 Å². The molecule has 20 heavy (non-hydrogen) atoms. The number of nitrogens with zero attached hydrogens (tertiary/aromatic N) is 1. The fourth-order valence-electron chi connectivity index (χ4n) is 2.76. The van der Waals surface area contributed by atoms with E-state index in [0.29, 0.717) is 6.04 Å². The topological polar surface area (TPSA) is 24.5 Å². The van der Waals surface area contributed by atoms with E-state index >= 15 is 0 Å². The normalized spacial score (nSPS) is 26.6. The van der Waals surface area contributed by atoms with E-state index in [-0.39, 0.29) is 5.54 Å². The Morgan fingerprint density at radius 1 is 1.45 bits per heavy atom. The molecular formula is C16H25ClN2O. The molecule has 3 nitrogen and oxygen atoms in total. The second kappa shape index (κ2) is 6.23. The zero-order chi connectivity index (χ0) is 14.8. The monoisotopic (exact) mass is 296 g/mol. The third-order valence-electron chi connectivity index (χ3n) is 4.44. The van der Waals surface area contributed by atoms with E-state index < -0.39 is 0 Å². The highest BCUT2D eigenvalue weighted by Gasteiger charge is 2.34. The van der Waals surface area contributed by atoms with Crippen LogP contribution in [0.3, 0.4) is 0 Å². The summed E-state index contributed by atoms with van der Waals surface area (Å²) in [6, 6.07) is 6.35. The lowest BCUT2D eigenvalue weighted by Crippen LogP contribution is -2.62. The molecule has 0 spiro atoms. The molecule has 0 saturated carbocycles. The number of rotatable bonds is 4. The van der Waals surface area contributed by atoms with Crippen molar-refractivity contribution >= 4 is 17.3 Å². The van der Waals surface area contributed by atoms with E-state index in [9.17, 15) is 0 Å². The van der Waals surface area contributed by atoms with Crippen molar-refractivity contribution in [2.45, 2.75) is 45.2 Å². The lowest BCUT2D eigenvalue weighted by atomic mass is 9.92. The number of hydrogen-bond donors (Lipinski definition) is 1. The predicted molar refractivity (Wildman–Crippen MR) is 86.1 cm³/mol. The molecule has 2 rings (SSSR count). The van der Waals surface area contributed by atoms with Crippen LogP contribution in [0.5, 0.6) is 5.75 Å². The minimum absolute atomic E-state index is 0.137. The zero-order valence-corrected chi connectivity index (χ0v) is 13.6. The molecule has 0 aromatic heterocycles. The number of piperazine rings is 1. The van der Waals surface area contributed by atoms with Crippen LogP contribution in [-0.2, 0) is 0 Å². The van der Waals surface area contributed by atoms with Gasteiger partial charge in [-0.1, -0.05) is 25.4 Å². The molecule has 1 aromatic carbocycles. The summed E-state index contributed by atoms with van der Waals surface area (Å²) in [5.41, 5.74) is 1.22. The predicted octanol–water partition coefficient (Wildman–Crippen LogP) is 3.71. The molecule has 2 atom stereocenters. The van der Waals surface area contributed by atoms with Gasteiger partial charge in [-0.2, -0.15) is 0 Å². The first kappa shape index (κ1) is 15.5. The molecule has 2 unspecified atom stereocenters. The number of hydrogen-bond acceptors (Lipinski definition) is 3. The summed E-state index contributed by atoms with van der Waals surface area (Å²) in [6.45, 7) is 8.69. The average molecular weight is 297 g/mol. The van der Waals surface area contributed by atoms with Gasteiger partial charge in [0.1, 0.15) is 5.75 Å². The molecule has 1 N–H and O–H groups in total. The van der Waals surface area contributed by atoms with Crippen LogP contribution in [0.15, 0.2) is 18.2 Å². The number of nitrogens with one attached hydrogen (secondary N) is 1. The van der Waals surface area contributed by atoms with Crippen LogP contribution < -0.4 is 15.0 Å². The van der Waals surface area contributed by atoms with Crippen LogP contribution in [0, 0.1) is 0 Å². The van der Waals surface area contributed by atoms with Gasteiger partial charge in [-0.15, -0.1) is 0 Å². The van der Waals surface area contributed by atoms with Crippen LogP contribution in [0.1, 0.15) is 33.6 Å². The Labute approximate surface area is 127 Å². The Kier molecular flexibility index (Phi) is 4.82. The Morgan fingerprint density at radius 3 is 2.80 bits per heavy atom. The maximum Gasteiger partial charge on any atom is 0.121 e. The molecule has 1 aromatic rings. The van der Waals surface area contributed by atoms with Gasteiger partial charge in [0, 0.05) is 30.7 Å². The number of halogens is 1. The van der Waals surface area contributed by atoms with E-state index in [1.54, 1.807) is 7.11 Å². The van der Waals surface area contributed by atoms with E-state index in [4.69, 9.17) is 16.3 Å². The van der Waals surface area contributed by atoms with Crippen molar-refractivity contribution in [2.24, 2.45) is 0 Å². The average Bonchev–Trinajstić information content (AvgIpc) is 2.48. The quantitative estimate of drug-likeness (QED) is 0.917. The molecular weight excluding hydrogens is 272 g/mol. The Morgan fingerprint density at radius 2 is 2.20 bits per heavy atom. The Balaban J connectivity index is 2.35. The summed E-state index contributed by atoms with van der Waals surface area (Å²) in [5.74, 6) is 0.857. The van der Waals surface area contributed by atoms with Gasteiger partial charge >= 0.3 is 0 Å². The summed E-state index contributed by atoms with van der Waals surface area (Å²) < 4.78 is 5.35. The van der Waals surface area contributed by atoms with Gasteiger partial charge in [0.15, 0.2) is 0 Å². The number of ether oxygens (including phenoxy) is 1. The van der Waals surface area contributed by atoms with E-state index in [0.717, 1.165) is 42.4 Å². The summed E-state index contributed by atoms with van der Waals surface area (Å²) in [4.78, 5) is 2.44. The van der Waals surface area contributed by atoms with Crippen molar-refractivity contribution in [1.82, 2.24) is 5.32 Å². The van der Waals surface area contributed by atoms with E-state index in [1.165, 1.54) is 0 Å². The molecule has 1 saturated heterocycles. The van der Waals surface area contributed by atoms with Crippen LogP contribution in [-0.4, -0.2) is 31.8 Å². The third-order valence-corrected chi connectivity index (χ3v) is 4.76. The third kappa shape index (κ3) is 3.04. The number of anilines is 1. The fourth-order valence-corrected chi connectivity index (χ4v) is 2.98. The number of benzene rings is 1. The maximum atomic E-state index is 6.43. The van der Waals surface area contributed by atoms with E-state index in [2.05, 4.69) is 31.0 Å². The Hall–Kier alpha value is -0.930. The van der Waals surface area contributed by atoms with Crippen LogP contribution in [0.2, 0.25) is 5.02 Å². The number of methoxy groups -OCH3 is 1. The summed E-state index contributed by atoms with van der Waals surface area (Å²) in [6.07, 6.45) is 2.20. The second-order valence-corrected chi connectivity index (χ2v) is 6.21. The summed E-state index contributed by atoms with van der Waals surface area (Å²) in [7, 11) is 1.69. The largest absolute Gasteiger partial charge is 0.497 e. The molecule has 1 aliphatic heterocycles. The van der Waals surface area contributed by atoms with Gasteiger partial charge in [-0.25, -0.2) is 0 Å². The maximum absolute atomic E-state index is 6.43. The molecule has 0 bridgehead atoms. The molecule has 1 heterocycles. The zero-order valence-electron chi connectivity index (χ0n) is 12.9. The second-order valence-electron chi connectivity index (χ2n) is 5.80. The van der Waals surface area contributed by atoms with Crippen molar-refractivity contribution in [3.63, 3.8) is 0 Å². The van der Waals surface area contributed by atoms with Crippen molar-refractivity contribution in [2.75, 3.05) is 25.1 Å². The molecule has 0 amide bonds. The molecule has 0 radical (unpaired) electrons. The molecule has 1 fully saturated rings. The van der Waals surface area contributed by atoms with Gasteiger partial charge in [-0.3, -0.25) is 0 Å². The lowest BCUT2D eigenvalue weighted by molar-refractivity contribution is 0.276. The highest BCUT2D eigenvalue weighted by atomic mass is 35.5. The fraction of sp³-hybridized carbons (Fsp3) is 0.625. The summed E-state index contributed by atoms with van der Waals surface area (Å²) in [5, 5.41) is 4.47. The van der Waals surface area contributed by atoms with Crippen LogP contribution in [0.25, 0.3) is 0 Å². The first-order chi connectivity index (χ1) is 9.53. The van der Waals surface area contributed by atoms with Crippen LogP contribution in [0.4, 0.5) is 5.69 Å². The first-order valence-electron chi connectivity index (χ1n) is 7.38. The van der Waals surface area contributed by atoms with Crippen molar-refractivity contribution in [3.05, 3.63) is 23.2 Å². The Bertz CT molecular complexity index is 466. The van der Waals surface area contributed by atoms with Gasteiger partial charge < -0.3 is 15.0 Å². The minimum atomic E-state index is 0.137. The van der Waals surface area contributed by atoms with Gasteiger partial charge in [0.2, 0.25) is 0 Å². The van der Waals surface area contributed by atoms with Gasteiger partial charge in [0.05, 0.1) is 17.8 Å². The lowest BCUT2D eigenvalue weighted by Gasteiger charge is -2.47. The summed E-state index contributed by atoms with van der Waals surface area (Å²) >= 11 is 6.43. The molecule has 4 heteroatoms. The minimum Gasteiger partial charge on any atom is -0.497 e. The first-order valence-corrected chi connectivity index (χ1v) is 7.76. The SMILES string of the molecule is CCC1CNC(C)(CC)CN1c1cc(OC)ccc1Cl. The highest BCUT2D eigenvalue weighted by Crippen LogP contribution is 2.34. The smallest absolute Gasteiger partial charge is 0.121 e. The highest BCUT2D eigenvalue weighted by molar-refractivity contribution is 6.33. The van der Waals surface area contributed by atoms with Crippen LogP contribution >= 0.6 is 11.6 Å².